The first-order valence-corrected chi connectivity index (χ1v) is 10.2. The predicted octanol–water partition coefficient (Wildman–Crippen LogP) is 2.90. The third kappa shape index (κ3) is 5.62. The van der Waals surface area contributed by atoms with Crippen LogP contribution in [0.5, 0.6) is 0 Å². The Bertz CT molecular complexity index is 543. The van der Waals surface area contributed by atoms with Gasteiger partial charge in [-0.1, -0.05) is 37.3 Å². The number of thioether (sulfide) groups is 1. The number of carbonyl (C=O) groups is 1. The number of hydrogen-bond acceptors (Lipinski definition) is 5. The first-order valence-electron chi connectivity index (χ1n) is 9.14. The van der Waals surface area contributed by atoms with Gasteiger partial charge in [-0.25, -0.2) is 4.79 Å². The van der Waals surface area contributed by atoms with Gasteiger partial charge in [0.05, 0.1) is 19.3 Å². The molecule has 0 saturated carbocycles. The highest BCUT2D eigenvalue weighted by molar-refractivity contribution is 7.99. The molecule has 138 valence electrons. The van der Waals surface area contributed by atoms with Crippen LogP contribution in [0.3, 0.4) is 0 Å². The fraction of sp³-hybridized carbons (Fsp3) is 0.632. The Hall–Kier alpha value is -1.24. The summed E-state index contributed by atoms with van der Waals surface area (Å²) in [6.45, 7) is 5.15. The molecule has 3 atom stereocenters. The zero-order valence-corrected chi connectivity index (χ0v) is 15.7. The van der Waals surface area contributed by atoms with Gasteiger partial charge in [0.25, 0.3) is 0 Å². The quantitative estimate of drug-likeness (QED) is 0.871. The molecule has 6 heteroatoms. The minimum atomic E-state index is -0.251. The molecule has 0 aliphatic carbocycles. The molecule has 1 amide bonds. The molecule has 0 radical (unpaired) electrons. The van der Waals surface area contributed by atoms with E-state index in [9.17, 15) is 4.79 Å². The summed E-state index contributed by atoms with van der Waals surface area (Å²) < 4.78 is 11.3. The second-order valence-electron chi connectivity index (χ2n) is 6.71. The molecule has 2 saturated heterocycles. The van der Waals surface area contributed by atoms with Crippen LogP contribution in [0.4, 0.5) is 4.79 Å². The van der Waals surface area contributed by atoms with Crippen molar-refractivity contribution in [2.75, 3.05) is 32.0 Å². The van der Waals surface area contributed by atoms with Gasteiger partial charge in [0.1, 0.15) is 6.61 Å². The smallest absolute Gasteiger partial charge is 0.410 e. The van der Waals surface area contributed by atoms with Crippen molar-refractivity contribution in [3.8, 4) is 0 Å². The maximum Gasteiger partial charge on any atom is 0.410 e. The van der Waals surface area contributed by atoms with Crippen LogP contribution in [0.25, 0.3) is 0 Å². The molecule has 2 aliphatic heterocycles. The van der Waals surface area contributed by atoms with Crippen molar-refractivity contribution < 1.29 is 14.3 Å². The summed E-state index contributed by atoms with van der Waals surface area (Å²) in [4.78, 5) is 14.1. The Balaban J connectivity index is 1.41. The fourth-order valence-electron chi connectivity index (χ4n) is 3.29. The van der Waals surface area contributed by atoms with Crippen molar-refractivity contribution in [2.45, 2.75) is 43.8 Å². The molecule has 0 aromatic heterocycles. The van der Waals surface area contributed by atoms with Gasteiger partial charge in [0.15, 0.2) is 0 Å². The largest absolute Gasteiger partial charge is 0.445 e. The number of rotatable bonds is 5. The highest BCUT2D eigenvalue weighted by atomic mass is 32.2. The molecule has 1 aromatic rings. The zero-order valence-electron chi connectivity index (χ0n) is 14.9. The average Bonchev–Trinajstić information content (AvgIpc) is 2.66. The Morgan fingerprint density at radius 3 is 3.04 bits per heavy atom. The van der Waals surface area contributed by atoms with Gasteiger partial charge in [-0.15, -0.1) is 0 Å². The van der Waals surface area contributed by atoms with Crippen LogP contribution in [-0.2, 0) is 16.1 Å². The van der Waals surface area contributed by atoms with Crippen LogP contribution in [-0.4, -0.2) is 60.4 Å². The van der Waals surface area contributed by atoms with Crippen LogP contribution < -0.4 is 5.32 Å². The lowest BCUT2D eigenvalue weighted by Crippen LogP contribution is -2.51. The molecule has 0 spiro atoms. The van der Waals surface area contributed by atoms with Gasteiger partial charge < -0.3 is 19.7 Å². The molecule has 25 heavy (non-hydrogen) atoms. The summed E-state index contributed by atoms with van der Waals surface area (Å²) in [7, 11) is 0. The maximum atomic E-state index is 12.3. The standard InChI is InChI=1S/C19H28N2O3S/c1-15-18(8-5-11-25-15)20-12-17-13-21(9-10-23-17)19(22)24-14-16-6-3-2-4-7-16/h2-4,6-7,15,17-18,20H,5,8-14H2,1H3. The van der Waals surface area contributed by atoms with Gasteiger partial charge in [-0.05, 0) is 24.2 Å². The normalized spacial score (nSPS) is 27.1. The summed E-state index contributed by atoms with van der Waals surface area (Å²) in [5.74, 6) is 1.26. The van der Waals surface area contributed by atoms with Crippen molar-refractivity contribution in [1.82, 2.24) is 10.2 Å². The Morgan fingerprint density at radius 1 is 1.40 bits per heavy atom. The van der Waals surface area contributed by atoms with Gasteiger partial charge >= 0.3 is 6.09 Å². The van der Waals surface area contributed by atoms with Crippen LogP contribution in [0.1, 0.15) is 25.3 Å². The SMILES string of the molecule is CC1SCCCC1NCC1CN(C(=O)OCc2ccccc2)CCO1. The Morgan fingerprint density at radius 2 is 2.24 bits per heavy atom. The zero-order chi connectivity index (χ0) is 17.5. The molecule has 0 bridgehead atoms. The molecule has 2 fully saturated rings. The number of hydrogen-bond donors (Lipinski definition) is 1. The summed E-state index contributed by atoms with van der Waals surface area (Å²) in [5.41, 5.74) is 1.01. The predicted molar refractivity (Wildman–Crippen MR) is 101 cm³/mol. The van der Waals surface area contributed by atoms with Gasteiger partial charge in [-0.3, -0.25) is 0 Å². The molecule has 1 N–H and O–H groups in total. The van der Waals surface area contributed by atoms with Crippen molar-refractivity contribution in [3.05, 3.63) is 35.9 Å². The number of morpholine rings is 1. The van der Waals surface area contributed by atoms with Gasteiger partial charge in [0, 0.05) is 24.4 Å². The summed E-state index contributed by atoms with van der Waals surface area (Å²) in [6, 6.07) is 10.3. The summed E-state index contributed by atoms with van der Waals surface area (Å²) in [5, 5.41) is 4.28. The topological polar surface area (TPSA) is 50.8 Å². The minimum absolute atomic E-state index is 0.0390. The van der Waals surface area contributed by atoms with Crippen LogP contribution in [0, 0.1) is 0 Å². The first kappa shape index (κ1) is 18.5. The molecule has 3 unspecified atom stereocenters. The number of amides is 1. The van der Waals surface area contributed by atoms with E-state index in [1.54, 1.807) is 4.90 Å². The van der Waals surface area contributed by atoms with E-state index in [1.807, 2.05) is 42.1 Å². The number of carbonyl (C=O) groups excluding carboxylic acids is 1. The van der Waals surface area contributed by atoms with Crippen LogP contribution >= 0.6 is 11.8 Å². The van der Waals surface area contributed by atoms with Crippen molar-refractivity contribution in [1.29, 1.82) is 0 Å². The van der Waals surface area contributed by atoms with E-state index < -0.39 is 0 Å². The summed E-state index contributed by atoms with van der Waals surface area (Å²) >= 11 is 2.03. The number of ether oxygens (including phenoxy) is 2. The van der Waals surface area contributed by atoms with Crippen molar-refractivity contribution in [2.24, 2.45) is 0 Å². The lowest BCUT2D eigenvalue weighted by molar-refractivity contribution is -0.0280. The third-order valence-electron chi connectivity index (χ3n) is 4.82. The average molecular weight is 365 g/mol. The fourth-order valence-corrected chi connectivity index (χ4v) is 4.46. The lowest BCUT2D eigenvalue weighted by Gasteiger charge is -2.35. The third-order valence-corrected chi connectivity index (χ3v) is 6.20. The van der Waals surface area contributed by atoms with E-state index in [-0.39, 0.29) is 12.2 Å². The van der Waals surface area contributed by atoms with Crippen molar-refractivity contribution >= 4 is 17.9 Å². The Labute approximate surface area is 154 Å². The molecule has 3 rings (SSSR count). The highest BCUT2D eigenvalue weighted by Gasteiger charge is 2.27. The van der Waals surface area contributed by atoms with E-state index in [0.29, 0.717) is 37.6 Å². The van der Waals surface area contributed by atoms with E-state index in [2.05, 4.69) is 12.2 Å². The number of nitrogens with zero attached hydrogens (tertiary/aromatic N) is 1. The first-order chi connectivity index (χ1) is 12.2. The summed E-state index contributed by atoms with van der Waals surface area (Å²) in [6.07, 6.45) is 2.29. The molecular formula is C19H28N2O3S. The molecular weight excluding hydrogens is 336 g/mol. The van der Waals surface area contributed by atoms with E-state index in [0.717, 1.165) is 12.1 Å². The molecule has 2 heterocycles. The lowest BCUT2D eigenvalue weighted by atomic mass is 10.1. The van der Waals surface area contributed by atoms with Crippen molar-refractivity contribution in [3.63, 3.8) is 0 Å². The second kappa shape index (κ2) is 9.46. The van der Waals surface area contributed by atoms with Gasteiger partial charge in [-0.2, -0.15) is 11.8 Å². The molecule has 5 nitrogen and oxygen atoms in total. The Kier molecular flexibility index (Phi) is 7.02. The van der Waals surface area contributed by atoms with E-state index in [4.69, 9.17) is 9.47 Å². The number of nitrogens with one attached hydrogen (secondary N) is 1. The van der Waals surface area contributed by atoms with Crippen LogP contribution in [0.2, 0.25) is 0 Å². The maximum absolute atomic E-state index is 12.3. The monoisotopic (exact) mass is 364 g/mol. The van der Waals surface area contributed by atoms with Gasteiger partial charge in [0.2, 0.25) is 0 Å². The number of benzene rings is 1. The molecule has 2 aliphatic rings. The molecule has 1 aromatic carbocycles. The minimum Gasteiger partial charge on any atom is -0.445 e. The van der Waals surface area contributed by atoms with E-state index in [1.165, 1.54) is 18.6 Å². The highest BCUT2D eigenvalue weighted by Crippen LogP contribution is 2.25. The van der Waals surface area contributed by atoms with E-state index >= 15 is 0 Å². The van der Waals surface area contributed by atoms with Crippen LogP contribution in [0.15, 0.2) is 30.3 Å². The second-order valence-corrected chi connectivity index (χ2v) is 8.20.